The quantitative estimate of drug-likeness (QED) is 0.829. The predicted molar refractivity (Wildman–Crippen MR) is 74.9 cm³/mol. The van der Waals surface area contributed by atoms with Crippen molar-refractivity contribution in [3.05, 3.63) is 35.4 Å². The van der Waals surface area contributed by atoms with Crippen LogP contribution in [0, 0.1) is 5.92 Å². The van der Waals surface area contributed by atoms with Gasteiger partial charge in [0.05, 0.1) is 0 Å². The molecule has 0 atom stereocenters. The molecule has 1 fully saturated rings. The zero-order valence-electron chi connectivity index (χ0n) is 10.8. The van der Waals surface area contributed by atoms with Crippen LogP contribution in [0.2, 0.25) is 0 Å². The molecule has 1 amide bonds. The Morgan fingerprint density at radius 3 is 2.72 bits per heavy atom. The van der Waals surface area contributed by atoms with Crippen LogP contribution >= 0.6 is 11.6 Å². The molecule has 18 heavy (non-hydrogen) atoms. The van der Waals surface area contributed by atoms with E-state index in [0.717, 1.165) is 24.3 Å². The van der Waals surface area contributed by atoms with E-state index in [1.807, 2.05) is 24.3 Å². The third-order valence-electron chi connectivity index (χ3n) is 3.69. The molecule has 1 N–H and O–H groups in total. The third-order valence-corrected chi connectivity index (χ3v) is 4.00. The summed E-state index contributed by atoms with van der Waals surface area (Å²) in [6.45, 7) is 2.28. The van der Waals surface area contributed by atoms with Gasteiger partial charge >= 0.3 is 0 Å². The fourth-order valence-corrected chi connectivity index (χ4v) is 2.64. The normalized spacial score (nSPS) is 23.7. The summed E-state index contributed by atoms with van der Waals surface area (Å²) >= 11 is 5.78. The minimum Gasteiger partial charge on any atom is -0.349 e. The molecule has 0 bridgehead atoms. The number of alkyl halides is 1. The molecule has 0 saturated heterocycles. The maximum atomic E-state index is 12.1. The molecule has 1 aromatic carbocycles. The van der Waals surface area contributed by atoms with Gasteiger partial charge in [-0.2, -0.15) is 0 Å². The minimum absolute atomic E-state index is 0.0292. The summed E-state index contributed by atoms with van der Waals surface area (Å²) in [4.78, 5) is 12.1. The first kappa shape index (κ1) is 13.4. The van der Waals surface area contributed by atoms with Gasteiger partial charge in [-0.1, -0.05) is 19.1 Å². The lowest BCUT2D eigenvalue weighted by atomic mass is 9.87. The summed E-state index contributed by atoms with van der Waals surface area (Å²) in [5, 5.41) is 3.12. The highest BCUT2D eigenvalue weighted by molar-refractivity contribution is 6.17. The van der Waals surface area contributed by atoms with Crippen LogP contribution in [-0.2, 0) is 5.88 Å². The Kier molecular flexibility index (Phi) is 4.65. The highest BCUT2D eigenvalue weighted by Gasteiger charge is 2.20. The molecule has 1 saturated carbocycles. The molecular formula is C15H20ClNO. The monoisotopic (exact) mass is 265 g/mol. The summed E-state index contributed by atoms with van der Waals surface area (Å²) in [7, 11) is 0. The fraction of sp³-hybridized carbons (Fsp3) is 0.533. The van der Waals surface area contributed by atoms with Crippen molar-refractivity contribution >= 4 is 17.5 Å². The second-order valence-corrected chi connectivity index (χ2v) is 5.53. The predicted octanol–water partition coefficient (Wildman–Crippen LogP) is 3.73. The zero-order valence-corrected chi connectivity index (χ0v) is 11.5. The maximum absolute atomic E-state index is 12.1. The lowest BCUT2D eigenvalue weighted by Crippen LogP contribution is -2.37. The van der Waals surface area contributed by atoms with Crippen LogP contribution in [0.1, 0.15) is 48.5 Å². The first-order valence-corrected chi connectivity index (χ1v) is 7.18. The van der Waals surface area contributed by atoms with Gasteiger partial charge in [0.2, 0.25) is 0 Å². The number of halogens is 1. The third kappa shape index (κ3) is 3.49. The number of carbonyl (C=O) groups is 1. The van der Waals surface area contributed by atoms with E-state index in [-0.39, 0.29) is 5.91 Å². The molecule has 1 aromatic rings. The lowest BCUT2D eigenvalue weighted by Gasteiger charge is -2.26. The second kappa shape index (κ2) is 6.24. The largest absolute Gasteiger partial charge is 0.349 e. The number of amides is 1. The van der Waals surface area contributed by atoms with Gasteiger partial charge in [0.25, 0.3) is 5.91 Å². The van der Waals surface area contributed by atoms with Crippen LogP contribution in [-0.4, -0.2) is 11.9 Å². The van der Waals surface area contributed by atoms with Crippen LogP contribution in [0.3, 0.4) is 0 Å². The summed E-state index contributed by atoms with van der Waals surface area (Å²) in [6.07, 6.45) is 4.63. The van der Waals surface area contributed by atoms with Gasteiger partial charge in [0, 0.05) is 17.5 Å². The Morgan fingerprint density at radius 2 is 2.06 bits per heavy atom. The van der Waals surface area contributed by atoms with Gasteiger partial charge in [-0.3, -0.25) is 4.79 Å². The van der Waals surface area contributed by atoms with E-state index in [1.54, 1.807) is 0 Å². The van der Waals surface area contributed by atoms with Gasteiger partial charge in [0.15, 0.2) is 0 Å². The van der Waals surface area contributed by atoms with Gasteiger partial charge in [-0.05, 0) is 49.3 Å². The summed E-state index contributed by atoms with van der Waals surface area (Å²) in [5.74, 6) is 1.28. The Labute approximate surface area is 114 Å². The number of carbonyl (C=O) groups excluding carboxylic acids is 1. The standard InChI is InChI=1S/C15H20ClNO/c1-11-5-7-14(8-6-11)17-15(18)13-4-2-3-12(9-13)10-16/h2-4,9,11,14H,5-8,10H2,1H3,(H,17,18). The zero-order chi connectivity index (χ0) is 13.0. The van der Waals surface area contributed by atoms with Crippen molar-refractivity contribution in [2.75, 3.05) is 0 Å². The molecule has 2 rings (SSSR count). The topological polar surface area (TPSA) is 29.1 Å². The van der Waals surface area contributed by atoms with E-state index < -0.39 is 0 Å². The molecule has 0 aromatic heterocycles. The van der Waals surface area contributed by atoms with Crippen LogP contribution in [0.15, 0.2) is 24.3 Å². The van der Waals surface area contributed by atoms with Crippen LogP contribution < -0.4 is 5.32 Å². The Bertz CT molecular complexity index is 411. The molecule has 0 radical (unpaired) electrons. The molecule has 2 nitrogen and oxygen atoms in total. The van der Waals surface area contributed by atoms with E-state index in [4.69, 9.17) is 11.6 Å². The maximum Gasteiger partial charge on any atom is 0.251 e. The van der Waals surface area contributed by atoms with E-state index in [9.17, 15) is 4.79 Å². The van der Waals surface area contributed by atoms with Crippen molar-refractivity contribution < 1.29 is 4.79 Å². The lowest BCUT2D eigenvalue weighted by molar-refractivity contribution is 0.0923. The molecule has 3 heteroatoms. The SMILES string of the molecule is CC1CCC(NC(=O)c2cccc(CCl)c2)CC1. The van der Waals surface area contributed by atoms with Crippen LogP contribution in [0.4, 0.5) is 0 Å². The average Bonchev–Trinajstić information content (AvgIpc) is 2.41. The number of nitrogens with one attached hydrogen (secondary N) is 1. The molecule has 1 aliphatic rings. The van der Waals surface area contributed by atoms with Gasteiger partial charge in [-0.25, -0.2) is 0 Å². The first-order chi connectivity index (χ1) is 8.69. The van der Waals surface area contributed by atoms with E-state index in [1.165, 1.54) is 12.8 Å². The van der Waals surface area contributed by atoms with Crippen molar-refractivity contribution in [2.45, 2.75) is 44.5 Å². The first-order valence-electron chi connectivity index (χ1n) is 6.65. The summed E-state index contributed by atoms with van der Waals surface area (Å²) in [5.41, 5.74) is 1.70. The van der Waals surface area contributed by atoms with Gasteiger partial charge in [-0.15, -0.1) is 11.6 Å². The highest BCUT2D eigenvalue weighted by Crippen LogP contribution is 2.23. The summed E-state index contributed by atoms with van der Waals surface area (Å²) < 4.78 is 0. The van der Waals surface area contributed by atoms with Gasteiger partial charge < -0.3 is 5.32 Å². The van der Waals surface area contributed by atoms with Crippen molar-refractivity contribution in [3.8, 4) is 0 Å². The highest BCUT2D eigenvalue weighted by atomic mass is 35.5. The molecule has 0 aliphatic heterocycles. The minimum atomic E-state index is 0.0292. The molecule has 0 spiro atoms. The number of hydrogen-bond acceptors (Lipinski definition) is 1. The second-order valence-electron chi connectivity index (χ2n) is 5.26. The smallest absolute Gasteiger partial charge is 0.251 e. The van der Waals surface area contributed by atoms with Crippen LogP contribution in [0.25, 0.3) is 0 Å². The Balaban J connectivity index is 1.94. The van der Waals surface area contributed by atoms with E-state index in [2.05, 4.69) is 12.2 Å². The summed E-state index contributed by atoms with van der Waals surface area (Å²) in [6, 6.07) is 7.88. The van der Waals surface area contributed by atoms with Gasteiger partial charge in [0.1, 0.15) is 0 Å². The fourth-order valence-electron chi connectivity index (χ4n) is 2.47. The molecule has 0 unspecified atom stereocenters. The van der Waals surface area contributed by atoms with E-state index >= 15 is 0 Å². The molecule has 1 aliphatic carbocycles. The van der Waals surface area contributed by atoms with E-state index in [0.29, 0.717) is 17.5 Å². The van der Waals surface area contributed by atoms with Crippen LogP contribution in [0.5, 0.6) is 0 Å². The van der Waals surface area contributed by atoms with Crippen molar-refractivity contribution in [2.24, 2.45) is 5.92 Å². The number of hydrogen-bond donors (Lipinski definition) is 1. The number of benzene rings is 1. The van der Waals surface area contributed by atoms with Crippen molar-refractivity contribution in [3.63, 3.8) is 0 Å². The van der Waals surface area contributed by atoms with Crippen molar-refractivity contribution in [1.82, 2.24) is 5.32 Å². The average molecular weight is 266 g/mol. The Morgan fingerprint density at radius 1 is 1.33 bits per heavy atom. The Hall–Kier alpha value is -1.02. The molecule has 98 valence electrons. The molecular weight excluding hydrogens is 246 g/mol. The van der Waals surface area contributed by atoms with Crippen molar-refractivity contribution in [1.29, 1.82) is 0 Å². The molecule has 0 heterocycles. The number of rotatable bonds is 3.